The number of aliphatic hydroxyl groups excluding tert-OH is 1. The zero-order chi connectivity index (χ0) is 11.7. The van der Waals surface area contributed by atoms with Gasteiger partial charge in [-0.1, -0.05) is 6.92 Å². The number of aliphatic hydroxyl groups is 1. The van der Waals surface area contributed by atoms with Gasteiger partial charge >= 0.3 is 0 Å². The molecule has 1 aromatic rings. The third kappa shape index (κ3) is 2.11. The van der Waals surface area contributed by atoms with Crippen molar-refractivity contribution in [2.75, 3.05) is 23.7 Å². The maximum atomic E-state index is 9.83. The summed E-state index contributed by atoms with van der Waals surface area (Å²) in [5.41, 5.74) is 7.62. The van der Waals surface area contributed by atoms with Crippen LogP contribution in [0.5, 0.6) is 0 Å². The molecule has 0 aliphatic carbocycles. The Kier molecular flexibility index (Phi) is 3.01. The first-order chi connectivity index (χ1) is 7.58. The number of pyridine rings is 1. The third-order valence-electron chi connectivity index (χ3n) is 3.37. The number of hydrogen-bond acceptors (Lipinski definition) is 4. The van der Waals surface area contributed by atoms with E-state index in [2.05, 4.69) is 16.8 Å². The highest BCUT2D eigenvalue weighted by molar-refractivity contribution is 5.54. The van der Waals surface area contributed by atoms with E-state index in [1.165, 1.54) is 0 Å². The number of piperidine rings is 1. The normalized spacial score (nSPS) is 25.8. The van der Waals surface area contributed by atoms with Crippen LogP contribution in [0.1, 0.15) is 18.9 Å². The van der Waals surface area contributed by atoms with Crippen LogP contribution in [0.2, 0.25) is 0 Å². The molecule has 2 rings (SSSR count). The van der Waals surface area contributed by atoms with Crippen molar-refractivity contribution < 1.29 is 5.11 Å². The number of nitrogens with two attached hydrogens (primary N) is 1. The molecule has 0 aromatic carbocycles. The Morgan fingerprint density at radius 3 is 2.94 bits per heavy atom. The second-order valence-corrected chi connectivity index (χ2v) is 4.68. The number of rotatable bonds is 1. The van der Waals surface area contributed by atoms with Crippen molar-refractivity contribution in [3.05, 3.63) is 17.8 Å². The van der Waals surface area contributed by atoms with Gasteiger partial charge in [-0.3, -0.25) is 0 Å². The van der Waals surface area contributed by atoms with Crippen LogP contribution >= 0.6 is 0 Å². The fourth-order valence-corrected chi connectivity index (χ4v) is 1.96. The van der Waals surface area contributed by atoms with E-state index in [-0.39, 0.29) is 6.10 Å². The molecule has 0 radical (unpaired) electrons. The van der Waals surface area contributed by atoms with Gasteiger partial charge in [0.25, 0.3) is 0 Å². The third-order valence-corrected chi connectivity index (χ3v) is 3.37. The lowest BCUT2D eigenvalue weighted by atomic mass is 9.96. The van der Waals surface area contributed by atoms with Gasteiger partial charge in [0.2, 0.25) is 0 Å². The molecule has 4 heteroatoms. The van der Waals surface area contributed by atoms with Crippen molar-refractivity contribution in [2.45, 2.75) is 26.4 Å². The zero-order valence-corrected chi connectivity index (χ0v) is 9.85. The van der Waals surface area contributed by atoms with Crippen molar-refractivity contribution in [3.8, 4) is 0 Å². The number of aromatic nitrogens is 1. The van der Waals surface area contributed by atoms with Gasteiger partial charge in [0.1, 0.15) is 5.82 Å². The number of nitrogens with zero attached hydrogens (tertiary/aromatic N) is 2. The molecule has 88 valence electrons. The summed E-state index contributed by atoms with van der Waals surface area (Å²) in [5, 5.41) is 9.83. The molecule has 0 spiro atoms. The molecule has 1 aliphatic rings. The van der Waals surface area contributed by atoms with Gasteiger partial charge in [-0.2, -0.15) is 0 Å². The first-order valence-corrected chi connectivity index (χ1v) is 5.73. The summed E-state index contributed by atoms with van der Waals surface area (Å²) >= 11 is 0. The molecule has 2 atom stereocenters. The molecule has 1 fully saturated rings. The van der Waals surface area contributed by atoms with Crippen LogP contribution in [-0.2, 0) is 0 Å². The fourth-order valence-electron chi connectivity index (χ4n) is 1.96. The van der Waals surface area contributed by atoms with Crippen molar-refractivity contribution in [1.82, 2.24) is 4.98 Å². The van der Waals surface area contributed by atoms with Gasteiger partial charge in [-0.05, 0) is 24.8 Å². The lowest BCUT2D eigenvalue weighted by Crippen LogP contribution is -2.43. The minimum atomic E-state index is -0.266. The summed E-state index contributed by atoms with van der Waals surface area (Å²) in [6, 6.07) is 1.89. The second-order valence-electron chi connectivity index (χ2n) is 4.68. The molecule has 1 aliphatic heterocycles. The molecule has 2 unspecified atom stereocenters. The van der Waals surface area contributed by atoms with Crippen LogP contribution in [0.25, 0.3) is 0 Å². The highest BCUT2D eigenvalue weighted by Crippen LogP contribution is 2.23. The molecule has 0 amide bonds. The van der Waals surface area contributed by atoms with Gasteiger partial charge in [0, 0.05) is 31.0 Å². The van der Waals surface area contributed by atoms with Crippen LogP contribution in [-0.4, -0.2) is 29.3 Å². The summed E-state index contributed by atoms with van der Waals surface area (Å²) in [6.45, 7) is 5.61. The predicted molar refractivity (Wildman–Crippen MR) is 65.4 cm³/mol. The maximum absolute atomic E-state index is 9.83. The van der Waals surface area contributed by atoms with E-state index in [0.717, 1.165) is 30.0 Å². The van der Waals surface area contributed by atoms with Crippen LogP contribution in [0.3, 0.4) is 0 Å². The average Bonchev–Trinajstić information content (AvgIpc) is 2.26. The van der Waals surface area contributed by atoms with Crippen LogP contribution in [0.4, 0.5) is 11.5 Å². The summed E-state index contributed by atoms with van der Waals surface area (Å²) in [7, 11) is 0. The number of anilines is 2. The first-order valence-electron chi connectivity index (χ1n) is 5.73. The molecular formula is C12H19N3O. The number of hydrogen-bond donors (Lipinski definition) is 2. The fraction of sp³-hybridized carbons (Fsp3) is 0.583. The lowest BCUT2D eigenvalue weighted by Gasteiger charge is -2.35. The van der Waals surface area contributed by atoms with Gasteiger partial charge in [-0.15, -0.1) is 0 Å². The minimum Gasteiger partial charge on any atom is -0.398 e. The quantitative estimate of drug-likeness (QED) is 0.747. The van der Waals surface area contributed by atoms with Crippen LogP contribution in [0, 0.1) is 12.8 Å². The van der Waals surface area contributed by atoms with E-state index in [1.54, 1.807) is 6.20 Å². The Hall–Kier alpha value is -1.29. The summed E-state index contributed by atoms with van der Waals surface area (Å²) < 4.78 is 0. The van der Waals surface area contributed by atoms with E-state index in [4.69, 9.17) is 5.73 Å². The molecule has 4 nitrogen and oxygen atoms in total. The summed E-state index contributed by atoms with van der Waals surface area (Å²) in [6.07, 6.45) is 2.52. The molecule has 1 aromatic heterocycles. The SMILES string of the molecule is Cc1cnc(N2CCC(C)C(O)C2)cc1N. The molecular weight excluding hydrogens is 202 g/mol. The molecule has 3 N–H and O–H groups in total. The minimum absolute atomic E-state index is 0.266. The number of nitrogen functional groups attached to an aromatic ring is 1. The van der Waals surface area contributed by atoms with E-state index < -0.39 is 0 Å². The van der Waals surface area contributed by atoms with Gasteiger partial charge in [-0.25, -0.2) is 4.98 Å². The molecule has 0 bridgehead atoms. The highest BCUT2D eigenvalue weighted by Gasteiger charge is 2.25. The largest absolute Gasteiger partial charge is 0.398 e. The zero-order valence-electron chi connectivity index (χ0n) is 9.85. The Balaban J connectivity index is 2.15. The monoisotopic (exact) mass is 221 g/mol. The van der Waals surface area contributed by atoms with Crippen molar-refractivity contribution in [3.63, 3.8) is 0 Å². The Morgan fingerprint density at radius 2 is 2.31 bits per heavy atom. The van der Waals surface area contributed by atoms with E-state index >= 15 is 0 Å². The number of aryl methyl sites for hydroxylation is 1. The first kappa shape index (κ1) is 11.2. The van der Waals surface area contributed by atoms with Crippen LogP contribution in [0.15, 0.2) is 12.3 Å². The van der Waals surface area contributed by atoms with E-state index in [9.17, 15) is 5.11 Å². The highest BCUT2D eigenvalue weighted by atomic mass is 16.3. The lowest BCUT2D eigenvalue weighted by molar-refractivity contribution is 0.102. The van der Waals surface area contributed by atoms with Crippen molar-refractivity contribution in [1.29, 1.82) is 0 Å². The Bertz CT molecular complexity index is 381. The average molecular weight is 221 g/mol. The van der Waals surface area contributed by atoms with E-state index in [1.807, 2.05) is 13.0 Å². The Labute approximate surface area is 96.1 Å². The second kappa shape index (κ2) is 4.29. The van der Waals surface area contributed by atoms with Gasteiger partial charge in [0.15, 0.2) is 0 Å². The van der Waals surface area contributed by atoms with E-state index in [0.29, 0.717) is 12.5 Å². The topological polar surface area (TPSA) is 62.4 Å². The number of β-amino-alcohol motifs (C(OH)–C–C–N with tert-alkyl or cyclic N) is 1. The molecule has 0 saturated carbocycles. The van der Waals surface area contributed by atoms with Crippen molar-refractivity contribution >= 4 is 11.5 Å². The smallest absolute Gasteiger partial charge is 0.130 e. The molecule has 2 heterocycles. The van der Waals surface area contributed by atoms with Gasteiger partial charge < -0.3 is 15.7 Å². The maximum Gasteiger partial charge on any atom is 0.130 e. The molecule has 16 heavy (non-hydrogen) atoms. The predicted octanol–water partition coefficient (Wildman–Crippen LogP) is 1.18. The standard InChI is InChI=1S/C12H19N3O/c1-8-3-4-15(7-11(8)16)12-5-10(13)9(2)6-14-12/h5-6,8,11,16H,3-4,7H2,1-2H3,(H2,13,14). The summed E-state index contributed by atoms with van der Waals surface area (Å²) in [4.78, 5) is 6.45. The van der Waals surface area contributed by atoms with Crippen LogP contribution < -0.4 is 10.6 Å². The summed E-state index contributed by atoms with van der Waals surface area (Å²) in [5.74, 6) is 1.24. The molecule has 1 saturated heterocycles. The Morgan fingerprint density at radius 1 is 1.56 bits per heavy atom. The van der Waals surface area contributed by atoms with Crippen molar-refractivity contribution in [2.24, 2.45) is 5.92 Å². The van der Waals surface area contributed by atoms with Gasteiger partial charge in [0.05, 0.1) is 6.10 Å².